The molecule has 0 amide bonds. The second-order valence-corrected chi connectivity index (χ2v) is 7.24. The van der Waals surface area contributed by atoms with Crippen molar-refractivity contribution in [3.05, 3.63) is 0 Å². The molecule has 2 heteroatoms. The molecule has 1 N–H and O–H groups in total. The second kappa shape index (κ2) is 20.5. The first kappa shape index (κ1) is 19.8. The molecule has 0 atom stereocenters. The van der Waals surface area contributed by atoms with Crippen molar-refractivity contribution in [3.8, 4) is 0 Å². The summed E-state index contributed by atoms with van der Waals surface area (Å²) < 4.78 is 14.7. The summed E-state index contributed by atoms with van der Waals surface area (Å²) in [6.45, 7) is 2.27. The van der Waals surface area contributed by atoms with Gasteiger partial charge in [0.15, 0.2) is 0 Å². The van der Waals surface area contributed by atoms with E-state index in [1.54, 1.807) is 0 Å². The lowest BCUT2D eigenvalue weighted by Crippen LogP contribution is -1.93. The van der Waals surface area contributed by atoms with Crippen LogP contribution in [0.1, 0.15) is 138 Å². The monoisotopic (exact) mass is 342 g/mol. The molecule has 0 heterocycles. The quantitative estimate of drug-likeness (QED) is 0.228. The van der Waals surface area contributed by atoms with Crippen molar-refractivity contribution in [3.63, 3.8) is 0 Å². The molecule has 144 valence electrons. The number of rotatable bonds is 20. The Morgan fingerprint density at radius 2 is 0.833 bits per heavy atom. The van der Waals surface area contributed by atoms with E-state index in [4.69, 9.17) is 7.85 Å². The summed E-state index contributed by atoms with van der Waals surface area (Å²) >= 11 is 0. The van der Waals surface area contributed by atoms with Gasteiger partial charge in [0.1, 0.15) is 0 Å². The van der Waals surface area contributed by atoms with E-state index in [0.717, 1.165) is 12.8 Å². The first-order valence-electron chi connectivity index (χ1n) is 11.7. The SMILES string of the molecule is [2H]C([2H])(CCCCCCCCCCCCCCCCCCCC)C(=O)O. The zero-order valence-corrected chi connectivity index (χ0v) is 16.3. The van der Waals surface area contributed by atoms with E-state index in [2.05, 4.69) is 6.92 Å². The van der Waals surface area contributed by atoms with Gasteiger partial charge in [0.2, 0.25) is 0 Å². The van der Waals surface area contributed by atoms with Crippen LogP contribution in [0.3, 0.4) is 0 Å². The van der Waals surface area contributed by atoms with Crippen LogP contribution >= 0.6 is 0 Å². The lowest BCUT2D eigenvalue weighted by atomic mass is 10.0. The van der Waals surface area contributed by atoms with Gasteiger partial charge in [0.05, 0.1) is 0 Å². The normalized spacial score (nSPS) is 12.9. The van der Waals surface area contributed by atoms with E-state index in [1.807, 2.05) is 0 Å². The van der Waals surface area contributed by atoms with Crippen molar-refractivity contribution < 1.29 is 12.6 Å². The number of hydrogen-bond donors (Lipinski definition) is 1. The molecule has 2 nitrogen and oxygen atoms in total. The Labute approximate surface area is 154 Å². The minimum atomic E-state index is -2.05. The summed E-state index contributed by atoms with van der Waals surface area (Å²) in [5, 5.41) is 8.71. The fraction of sp³-hybridized carbons (Fsp3) is 0.955. The van der Waals surface area contributed by atoms with Gasteiger partial charge in [-0.05, 0) is 6.42 Å². The first-order valence-corrected chi connectivity index (χ1v) is 10.7. The predicted octanol–water partition coefficient (Wildman–Crippen LogP) is 7.89. The Morgan fingerprint density at radius 3 is 1.08 bits per heavy atom. The van der Waals surface area contributed by atoms with Crippen LogP contribution in [0, 0.1) is 0 Å². The van der Waals surface area contributed by atoms with Crippen molar-refractivity contribution >= 4 is 5.97 Å². The van der Waals surface area contributed by atoms with Crippen LogP contribution in [-0.4, -0.2) is 11.1 Å². The molecule has 0 bridgehead atoms. The Bertz CT molecular complexity index is 319. The van der Waals surface area contributed by atoms with Crippen LogP contribution < -0.4 is 0 Å². The summed E-state index contributed by atoms with van der Waals surface area (Å²) in [5.74, 6) is -1.33. The third kappa shape index (κ3) is 21.5. The van der Waals surface area contributed by atoms with Gasteiger partial charge in [-0.25, -0.2) is 0 Å². The highest BCUT2D eigenvalue weighted by atomic mass is 16.4. The van der Waals surface area contributed by atoms with Crippen LogP contribution in [0.15, 0.2) is 0 Å². The van der Waals surface area contributed by atoms with Crippen molar-refractivity contribution in [2.45, 2.75) is 135 Å². The fourth-order valence-corrected chi connectivity index (χ4v) is 3.22. The second-order valence-electron chi connectivity index (χ2n) is 7.24. The minimum absolute atomic E-state index is 0.140. The molecule has 0 aromatic rings. The number of carbonyl (C=O) groups is 1. The highest BCUT2D eigenvalue weighted by molar-refractivity contribution is 5.66. The number of aliphatic carboxylic acids is 1. The van der Waals surface area contributed by atoms with Crippen molar-refractivity contribution in [2.24, 2.45) is 0 Å². The average molecular weight is 343 g/mol. The molecule has 0 aliphatic rings. The van der Waals surface area contributed by atoms with Gasteiger partial charge in [0.25, 0.3) is 0 Å². The summed E-state index contributed by atoms with van der Waals surface area (Å²) in [5.41, 5.74) is 0. The first-order chi connectivity index (χ1) is 12.5. The molecule has 0 aliphatic heterocycles. The standard InChI is InChI=1S/C22H44O2/c1-2-3-4-5-6-7-8-9-10-11-12-13-14-15-16-17-18-19-20-21-22(23)24/h2-21H2,1H3,(H,23,24)/i21D2. The number of carboxylic acids is 1. The van der Waals surface area contributed by atoms with Gasteiger partial charge in [-0.1, -0.05) is 122 Å². The lowest BCUT2D eigenvalue weighted by Gasteiger charge is -2.03. The molecule has 0 radical (unpaired) electrons. The third-order valence-electron chi connectivity index (χ3n) is 4.81. The van der Waals surface area contributed by atoms with Crippen LogP contribution in [0.5, 0.6) is 0 Å². The van der Waals surface area contributed by atoms with Gasteiger partial charge in [-0.3, -0.25) is 4.79 Å². The number of unbranched alkanes of at least 4 members (excludes halogenated alkanes) is 17. The highest BCUT2D eigenvalue weighted by Crippen LogP contribution is 2.14. The van der Waals surface area contributed by atoms with Crippen molar-refractivity contribution in [1.82, 2.24) is 0 Å². The lowest BCUT2D eigenvalue weighted by molar-refractivity contribution is -0.137. The molecule has 0 saturated heterocycles. The van der Waals surface area contributed by atoms with Crippen LogP contribution in [0.4, 0.5) is 0 Å². The summed E-state index contributed by atoms with van der Waals surface area (Å²) in [4.78, 5) is 10.7. The number of hydrogen-bond acceptors (Lipinski definition) is 1. The van der Waals surface area contributed by atoms with Gasteiger partial charge in [-0.2, -0.15) is 0 Å². The molecule has 0 fully saturated rings. The molecular formula is C22H44O2. The largest absolute Gasteiger partial charge is 0.481 e. The van der Waals surface area contributed by atoms with Crippen LogP contribution in [-0.2, 0) is 4.79 Å². The molecular weight excluding hydrogens is 296 g/mol. The predicted molar refractivity (Wildman–Crippen MR) is 106 cm³/mol. The Morgan fingerprint density at radius 1 is 0.583 bits per heavy atom. The van der Waals surface area contributed by atoms with E-state index < -0.39 is 12.3 Å². The molecule has 0 saturated carbocycles. The summed E-state index contributed by atoms with van der Waals surface area (Å²) in [6, 6.07) is 0. The van der Waals surface area contributed by atoms with E-state index in [9.17, 15) is 4.79 Å². The minimum Gasteiger partial charge on any atom is -0.481 e. The van der Waals surface area contributed by atoms with E-state index in [1.165, 1.54) is 96.3 Å². The van der Waals surface area contributed by atoms with E-state index in [-0.39, 0.29) is 6.42 Å². The van der Waals surface area contributed by atoms with Crippen LogP contribution in [0.2, 0.25) is 0 Å². The van der Waals surface area contributed by atoms with Gasteiger partial charge >= 0.3 is 5.97 Å². The highest BCUT2D eigenvalue weighted by Gasteiger charge is 1.97. The summed E-state index contributed by atoms with van der Waals surface area (Å²) in [7, 11) is 0. The Kier molecular flexibility index (Phi) is 16.9. The maximum Gasteiger partial charge on any atom is 0.303 e. The van der Waals surface area contributed by atoms with Crippen LogP contribution in [0.25, 0.3) is 0 Å². The zero-order chi connectivity index (χ0) is 19.5. The smallest absolute Gasteiger partial charge is 0.303 e. The van der Waals surface area contributed by atoms with E-state index in [0.29, 0.717) is 6.42 Å². The average Bonchev–Trinajstić information content (AvgIpc) is 2.60. The molecule has 0 aliphatic carbocycles. The fourth-order valence-electron chi connectivity index (χ4n) is 3.22. The maximum absolute atomic E-state index is 10.7. The van der Waals surface area contributed by atoms with Crippen molar-refractivity contribution in [2.75, 3.05) is 0 Å². The summed E-state index contributed by atoms with van der Waals surface area (Å²) in [6.07, 6.45) is 21.4. The molecule has 0 spiro atoms. The molecule has 24 heavy (non-hydrogen) atoms. The molecule has 0 aromatic carbocycles. The van der Waals surface area contributed by atoms with Crippen molar-refractivity contribution in [1.29, 1.82) is 0 Å². The third-order valence-corrected chi connectivity index (χ3v) is 4.81. The Hall–Kier alpha value is -0.530. The van der Waals surface area contributed by atoms with E-state index >= 15 is 0 Å². The molecule has 0 rings (SSSR count). The van der Waals surface area contributed by atoms with Gasteiger partial charge in [0, 0.05) is 9.11 Å². The zero-order valence-electron chi connectivity index (χ0n) is 18.3. The topological polar surface area (TPSA) is 37.3 Å². The molecule has 0 unspecified atom stereocenters. The number of carboxylic acid groups (broad SMARTS) is 1. The molecule has 0 aromatic heterocycles. The maximum atomic E-state index is 10.7. The Balaban J connectivity index is 3.13. The van der Waals surface area contributed by atoms with Gasteiger partial charge < -0.3 is 5.11 Å². The van der Waals surface area contributed by atoms with Gasteiger partial charge in [-0.15, -0.1) is 0 Å².